The Morgan fingerprint density at radius 3 is 2.73 bits per heavy atom. The minimum Gasteiger partial charge on any atom is -0.381 e. The Hall–Kier alpha value is -0.570. The van der Waals surface area contributed by atoms with Crippen LogP contribution >= 0.6 is 0 Å². The lowest BCUT2D eigenvalue weighted by atomic mass is 10.0. The van der Waals surface area contributed by atoms with Crippen LogP contribution in [0.2, 0.25) is 0 Å². The van der Waals surface area contributed by atoms with Crippen molar-refractivity contribution in [2.75, 3.05) is 19.8 Å². The van der Waals surface area contributed by atoms with Crippen LogP contribution in [-0.4, -0.2) is 26.2 Å². The topological polar surface area (TPSA) is 38.3 Å². The molecule has 0 saturated heterocycles. The number of hydrogen-bond acceptors (Lipinski definition) is 2. The van der Waals surface area contributed by atoms with Crippen molar-refractivity contribution in [3.63, 3.8) is 0 Å². The maximum absolute atomic E-state index is 9.83. The molecule has 0 aromatic rings. The van der Waals surface area contributed by atoms with Gasteiger partial charge in [0.1, 0.15) is 0 Å². The van der Waals surface area contributed by atoms with Crippen molar-refractivity contribution in [3.8, 4) is 0 Å². The molecule has 89 valence electrons. The van der Waals surface area contributed by atoms with Gasteiger partial charge in [0.25, 0.3) is 0 Å². The number of unbranched alkanes of at least 4 members (excludes halogenated alkanes) is 1. The summed E-state index contributed by atoms with van der Waals surface area (Å²) in [6.45, 7) is 6.69. The molecule has 3 nitrogen and oxygen atoms in total. The van der Waals surface area contributed by atoms with Crippen molar-refractivity contribution in [2.24, 2.45) is 5.92 Å². The average molecular weight is 214 g/mol. The number of hydrogen-bond donors (Lipinski definition) is 1. The fourth-order valence-electron chi connectivity index (χ4n) is 1.46. The summed E-state index contributed by atoms with van der Waals surface area (Å²) in [5.41, 5.74) is 0. The molecule has 1 N–H and O–H groups in total. The van der Waals surface area contributed by atoms with Gasteiger partial charge in [-0.2, -0.15) is 0 Å². The molecule has 1 unspecified atom stereocenters. The van der Waals surface area contributed by atoms with Crippen molar-refractivity contribution < 1.29 is 9.53 Å². The average Bonchev–Trinajstić information content (AvgIpc) is 2.27. The molecule has 0 aromatic heterocycles. The third-order valence-corrected chi connectivity index (χ3v) is 2.56. The lowest BCUT2D eigenvalue weighted by Crippen LogP contribution is -2.16. The van der Waals surface area contributed by atoms with Crippen LogP contribution in [0.3, 0.4) is 0 Å². The molecule has 1 radical (unpaired) electrons. The Balaban J connectivity index is 3.25. The van der Waals surface area contributed by atoms with Crippen molar-refractivity contribution in [1.29, 1.82) is 0 Å². The van der Waals surface area contributed by atoms with E-state index in [1.54, 1.807) is 6.41 Å². The number of carbonyl (C=O) groups excluding carboxylic acids is 1. The maximum Gasteiger partial charge on any atom is 0.309 e. The van der Waals surface area contributed by atoms with Crippen LogP contribution in [0.5, 0.6) is 0 Å². The van der Waals surface area contributed by atoms with Gasteiger partial charge in [0.05, 0.1) is 0 Å². The number of ether oxygens (including phenoxy) is 1. The zero-order valence-corrected chi connectivity index (χ0v) is 10.1. The van der Waals surface area contributed by atoms with Gasteiger partial charge in [-0.15, -0.1) is 0 Å². The van der Waals surface area contributed by atoms with E-state index in [-0.39, 0.29) is 0 Å². The molecule has 0 saturated carbocycles. The fraction of sp³-hybridized carbons (Fsp3) is 0.917. The van der Waals surface area contributed by atoms with Crippen LogP contribution in [0, 0.1) is 5.92 Å². The Morgan fingerprint density at radius 2 is 2.13 bits per heavy atom. The van der Waals surface area contributed by atoms with E-state index in [0.717, 1.165) is 19.6 Å². The van der Waals surface area contributed by atoms with E-state index >= 15 is 0 Å². The summed E-state index contributed by atoms with van der Waals surface area (Å²) in [5.74, 6) is 0.704. The van der Waals surface area contributed by atoms with Crippen LogP contribution in [0.1, 0.15) is 46.0 Å². The first kappa shape index (κ1) is 14.4. The fourth-order valence-corrected chi connectivity index (χ4v) is 1.46. The summed E-state index contributed by atoms with van der Waals surface area (Å²) < 4.78 is 5.56. The molecule has 0 aromatic carbocycles. The van der Waals surface area contributed by atoms with Gasteiger partial charge in [-0.1, -0.05) is 33.1 Å². The lowest BCUT2D eigenvalue weighted by Gasteiger charge is -2.14. The standard InChI is InChI=1S/C12H24NO2/c1-3-5-7-12(4-2)10-15-9-6-8-13-11-14/h12H,3-10H2,1-2H3,(H,13,14). The van der Waals surface area contributed by atoms with Gasteiger partial charge in [0, 0.05) is 19.8 Å². The van der Waals surface area contributed by atoms with Crippen LogP contribution in [0.4, 0.5) is 0 Å². The Bertz CT molecular complexity index is 140. The highest BCUT2D eigenvalue weighted by atomic mass is 16.5. The van der Waals surface area contributed by atoms with Crippen molar-refractivity contribution >= 4 is 6.41 Å². The Morgan fingerprint density at radius 1 is 1.33 bits per heavy atom. The SMILES string of the molecule is CCCCC(CC)COCCCN[C]=O. The van der Waals surface area contributed by atoms with Crippen LogP contribution in [-0.2, 0) is 9.53 Å². The zero-order chi connectivity index (χ0) is 11.4. The number of rotatable bonds is 11. The second-order valence-corrected chi connectivity index (χ2v) is 3.87. The third kappa shape index (κ3) is 9.73. The molecular formula is C12H24NO2. The summed E-state index contributed by atoms with van der Waals surface area (Å²) >= 11 is 0. The quantitative estimate of drug-likeness (QED) is 0.423. The summed E-state index contributed by atoms with van der Waals surface area (Å²) in [4.78, 5) is 9.83. The van der Waals surface area contributed by atoms with E-state index in [0.29, 0.717) is 12.5 Å². The van der Waals surface area contributed by atoms with Gasteiger partial charge in [0.2, 0.25) is 0 Å². The second-order valence-electron chi connectivity index (χ2n) is 3.87. The maximum atomic E-state index is 9.83. The molecule has 0 rings (SSSR count). The predicted molar refractivity (Wildman–Crippen MR) is 62.4 cm³/mol. The van der Waals surface area contributed by atoms with Gasteiger partial charge in [0.15, 0.2) is 0 Å². The minimum atomic E-state index is 0.662. The number of nitrogens with one attached hydrogen (secondary N) is 1. The molecule has 0 heterocycles. The molecule has 0 aliphatic rings. The molecule has 1 atom stereocenters. The predicted octanol–water partition coefficient (Wildman–Crippen LogP) is 2.27. The first-order chi connectivity index (χ1) is 7.35. The molecule has 0 fully saturated rings. The highest BCUT2D eigenvalue weighted by Gasteiger charge is 2.05. The summed E-state index contributed by atoms with van der Waals surface area (Å²) in [6, 6.07) is 0. The van der Waals surface area contributed by atoms with Crippen LogP contribution < -0.4 is 5.32 Å². The van der Waals surface area contributed by atoms with Gasteiger partial charge >= 0.3 is 6.41 Å². The van der Waals surface area contributed by atoms with Crippen LogP contribution in [0.15, 0.2) is 0 Å². The van der Waals surface area contributed by atoms with Gasteiger partial charge in [-0.3, -0.25) is 4.79 Å². The van der Waals surface area contributed by atoms with Crippen molar-refractivity contribution in [1.82, 2.24) is 5.32 Å². The van der Waals surface area contributed by atoms with E-state index in [1.807, 2.05) is 0 Å². The third-order valence-electron chi connectivity index (χ3n) is 2.56. The van der Waals surface area contributed by atoms with E-state index in [4.69, 9.17) is 4.74 Å². The van der Waals surface area contributed by atoms with Crippen molar-refractivity contribution in [2.45, 2.75) is 46.0 Å². The Labute approximate surface area is 93.6 Å². The summed E-state index contributed by atoms with van der Waals surface area (Å²) in [7, 11) is 0. The van der Waals surface area contributed by atoms with Gasteiger partial charge < -0.3 is 10.1 Å². The lowest BCUT2D eigenvalue weighted by molar-refractivity contribution is 0.0927. The monoisotopic (exact) mass is 214 g/mol. The van der Waals surface area contributed by atoms with E-state index < -0.39 is 0 Å². The zero-order valence-electron chi connectivity index (χ0n) is 10.1. The molecule has 0 aliphatic heterocycles. The molecule has 0 bridgehead atoms. The van der Waals surface area contributed by atoms with Crippen LogP contribution in [0.25, 0.3) is 0 Å². The van der Waals surface area contributed by atoms with E-state index in [9.17, 15) is 4.79 Å². The van der Waals surface area contributed by atoms with Crippen molar-refractivity contribution in [3.05, 3.63) is 0 Å². The molecule has 0 spiro atoms. The van der Waals surface area contributed by atoms with Gasteiger partial charge in [-0.25, -0.2) is 0 Å². The molecule has 3 heteroatoms. The molecule has 1 amide bonds. The van der Waals surface area contributed by atoms with E-state index in [2.05, 4.69) is 19.2 Å². The smallest absolute Gasteiger partial charge is 0.309 e. The minimum absolute atomic E-state index is 0.662. The molecule has 0 aliphatic carbocycles. The first-order valence-electron chi connectivity index (χ1n) is 6.02. The second kappa shape index (κ2) is 11.5. The van der Waals surface area contributed by atoms with Gasteiger partial charge in [-0.05, 0) is 18.8 Å². The van der Waals surface area contributed by atoms with E-state index in [1.165, 1.54) is 25.7 Å². The normalized spacial score (nSPS) is 12.4. The number of amides is 1. The molecular weight excluding hydrogens is 190 g/mol. The summed E-state index contributed by atoms with van der Waals surface area (Å²) in [5, 5.41) is 2.50. The Kier molecular flexibility index (Phi) is 11.1. The largest absolute Gasteiger partial charge is 0.381 e. The summed E-state index contributed by atoms with van der Waals surface area (Å²) in [6.07, 6.45) is 7.55. The molecule has 15 heavy (non-hydrogen) atoms. The highest BCUT2D eigenvalue weighted by Crippen LogP contribution is 2.12. The first-order valence-corrected chi connectivity index (χ1v) is 6.02. The highest BCUT2D eigenvalue weighted by molar-refractivity contribution is 5.46.